The molecule has 186 valence electrons. The largest absolute Gasteiger partial charge is 0.371 e. The van der Waals surface area contributed by atoms with Crippen molar-refractivity contribution in [2.75, 3.05) is 36.4 Å². The second-order valence-corrected chi connectivity index (χ2v) is 12.2. The van der Waals surface area contributed by atoms with Crippen LogP contribution in [0.3, 0.4) is 0 Å². The van der Waals surface area contributed by atoms with Crippen LogP contribution in [0.1, 0.15) is 40.5 Å². The molecular formula is C26H36ClN3O3S. The molecule has 1 aliphatic heterocycles. The number of sulfonamides is 1. The zero-order valence-corrected chi connectivity index (χ0v) is 22.1. The molecule has 0 bridgehead atoms. The standard InChI is InChI=1S/C26H36ClN3O3S/c1-19(2)17-30(18-20(3)4)34(32,33)25-10-8-23(9-11-25)28-26(31)21-12-14-29(15-13-21)24-7-5-6-22(27)16-24/h5-11,16,19-21H,12-15,17-18H2,1-4H3,(H,28,31). The van der Waals surface area contributed by atoms with Gasteiger partial charge in [-0.05, 0) is 67.1 Å². The van der Waals surface area contributed by atoms with E-state index in [1.165, 1.54) is 0 Å². The number of nitrogens with zero attached hydrogens (tertiary/aromatic N) is 2. The number of halogens is 1. The number of carbonyl (C=O) groups is 1. The fraction of sp³-hybridized carbons (Fsp3) is 0.500. The van der Waals surface area contributed by atoms with E-state index < -0.39 is 10.0 Å². The summed E-state index contributed by atoms with van der Waals surface area (Å²) in [5.74, 6) is 0.365. The number of hydrogen-bond donors (Lipinski definition) is 1. The lowest BCUT2D eigenvalue weighted by atomic mass is 9.95. The summed E-state index contributed by atoms with van der Waals surface area (Å²) in [6.07, 6.45) is 1.51. The average molecular weight is 506 g/mol. The first-order chi connectivity index (χ1) is 16.1. The second kappa shape index (κ2) is 11.6. The monoisotopic (exact) mass is 505 g/mol. The molecule has 0 aliphatic carbocycles. The molecule has 34 heavy (non-hydrogen) atoms. The molecule has 0 radical (unpaired) electrons. The Morgan fingerprint density at radius 3 is 2.15 bits per heavy atom. The van der Waals surface area contributed by atoms with Crippen LogP contribution in [0.5, 0.6) is 0 Å². The van der Waals surface area contributed by atoms with Crippen LogP contribution < -0.4 is 10.2 Å². The maximum atomic E-state index is 13.2. The molecule has 0 unspecified atom stereocenters. The summed E-state index contributed by atoms with van der Waals surface area (Å²) < 4.78 is 27.9. The van der Waals surface area contributed by atoms with Gasteiger partial charge in [-0.1, -0.05) is 45.4 Å². The van der Waals surface area contributed by atoms with Crippen molar-refractivity contribution < 1.29 is 13.2 Å². The fourth-order valence-corrected chi connectivity index (χ4v) is 6.21. The normalized spacial score (nSPS) is 15.4. The smallest absolute Gasteiger partial charge is 0.243 e. The topological polar surface area (TPSA) is 69.7 Å². The van der Waals surface area contributed by atoms with Gasteiger partial charge in [0.2, 0.25) is 15.9 Å². The lowest BCUT2D eigenvalue weighted by Crippen LogP contribution is -2.38. The van der Waals surface area contributed by atoms with Crippen molar-refractivity contribution in [3.05, 3.63) is 53.6 Å². The Labute approximate surface area is 209 Å². The summed E-state index contributed by atoms with van der Waals surface area (Å²) in [7, 11) is -3.59. The van der Waals surface area contributed by atoms with Gasteiger partial charge in [0.15, 0.2) is 0 Å². The Bertz CT molecular complexity index is 1050. The third-order valence-corrected chi connectivity index (χ3v) is 8.02. The minimum absolute atomic E-state index is 0.0254. The quantitative estimate of drug-likeness (QED) is 0.488. The van der Waals surface area contributed by atoms with Crippen LogP contribution in [-0.4, -0.2) is 44.8 Å². The molecule has 1 fully saturated rings. The highest BCUT2D eigenvalue weighted by molar-refractivity contribution is 7.89. The van der Waals surface area contributed by atoms with Crippen molar-refractivity contribution >= 4 is 38.9 Å². The van der Waals surface area contributed by atoms with Crippen molar-refractivity contribution in [1.82, 2.24) is 4.31 Å². The van der Waals surface area contributed by atoms with E-state index in [9.17, 15) is 13.2 Å². The predicted molar refractivity (Wildman–Crippen MR) is 140 cm³/mol. The molecule has 2 aromatic carbocycles. The number of nitrogens with one attached hydrogen (secondary N) is 1. The van der Waals surface area contributed by atoms with Crippen LogP contribution in [0.25, 0.3) is 0 Å². The fourth-order valence-electron chi connectivity index (χ4n) is 4.26. The summed E-state index contributed by atoms with van der Waals surface area (Å²) in [4.78, 5) is 15.3. The maximum absolute atomic E-state index is 13.2. The molecule has 0 saturated carbocycles. The molecule has 0 atom stereocenters. The highest BCUT2D eigenvalue weighted by Gasteiger charge is 2.27. The van der Waals surface area contributed by atoms with E-state index in [1.807, 2.05) is 52.0 Å². The first-order valence-electron chi connectivity index (χ1n) is 12.0. The molecule has 3 rings (SSSR count). The summed E-state index contributed by atoms with van der Waals surface area (Å²) in [5, 5.41) is 3.67. The number of amides is 1. The van der Waals surface area contributed by atoms with Gasteiger partial charge < -0.3 is 10.2 Å². The van der Waals surface area contributed by atoms with Crippen molar-refractivity contribution in [3.8, 4) is 0 Å². The van der Waals surface area contributed by atoms with E-state index in [-0.39, 0.29) is 28.6 Å². The van der Waals surface area contributed by atoms with Gasteiger partial charge in [-0.15, -0.1) is 0 Å². The Balaban J connectivity index is 1.60. The van der Waals surface area contributed by atoms with Crippen molar-refractivity contribution in [3.63, 3.8) is 0 Å². The van der Waals surface area contributed by atoms with Gasteiger partial charge in [-0.3, -0.25) is 4.79 Å². The second-order valence-electron chi connectivity index (χ2n) is 9.86. The Hall–Kier alpha value is -2.09. The van der Waals surface area contributed by atoms with Gasteiger partial charge in [0.25, 0.3) is 0 Å². The molecular weight excluding hydrogens is 470 g/mol. The van der Waals surface area contributed by atoms with Crippen LogP contribution in [0, 0.1) is 17.8 Å². The summed E-state index contributed by atoms with van der Waals surface area (Å²) in [6.45, 7) is 10.6. The molecule has 1 aliphatic rings. The van der Waals surface area contributed by atoms with E-state index in [0.717, 1.165) is 31.6 Å². The molecule has 8 heteroatoms. The molecule has 1 saturated heterocycles. The molecule has 2 aromatic rings. The summed E-state index contributed by atoms with van der Waals surface area (Å²) >= 11 is 6.10. The molecule has 0 spiro atoms. The van der Waals surface area contributed by atoms with E-state index in [4.69, 9.17) is 11.6 Å². The summed E-state index contributed by atoms with van der Waals surface area (Å²) in [5.41, 5.74) is 1.69. The van der Waals surface area contributed by atoms with Crippen molar-refractivity contribution in [1.29, 1.82) is 0 Å². The van der Waals surface area contributed by atoms with Crippen molar-refractivity contribution in [2.24, 2.45) is 17.8 Å². The van der Waals surface area contributed by atoms with Crippen LogP contribution in [0.15, 0.2) is 53.4 Å². The molecule has 1 N–H and O–H groups in total. The zero-order valence-electron chi connectivity index (χ0n) is 20.5. The number of anilines is 2. The minimum Gasteiger partial charge on any atom is -0.371 e. The van der Waals surface area contributed by atoms with Gasteiger partial charge in [0.1, 0.15) is 0 Å². The van der Waals surface area contributed by atoms with Gasteiger partial charge >= 0.3 is 0 Å². The number of hydrogen-bond acceptors (Lipinski definition) is 4. The molecule has 1 heterocycles. The number of carbonyl (C=O) groups excluding carboxylic acids is 1. The Morgan fingerprint density at radius 1 is 1.03 bits per heavy atom. The lowest BCUT2D eigenvalue weighted by Gasteiger charge is -2.33. The van der Waals surface area contributed by atoms with Crippen LogP contribution in [0.4, 0.5) is 11.4 Å². The van der Waals surface area contributed by atoms with Crippen LogP contribution in [-0.2, 0) is 14.8 Å². The van der Waals surface area contributed by atoms with Crippen LogP contribution in [0.2, 0.25) is 5.02 Å². The molecule has 0 aromatic heterocycles. The van der Waals surface area contributed by atoms with Gasteiger partial charge in [-0.2, -0.15) is 4.31 Å². The number of rotatable bonds is 9. The van der Waals surface area contributed by atoms with E-state index in [2.05, 4.69) is 10.2 Å². The van der Waals surface area contributed by atoms with Gasteiger partial charge in [0.05, 0.1) is 4.90 Å². The first-order valence-corrected chi connectivity index (χ1v) is 13.8. The maximum Gasteiger partial charge on any atom is 0.243 e. The summed E-state index contributed by atoms with van der Waals surface area (Å²) in [6, 6.07) is 14.3. The highest BCUT2D eigenvalue weighted by Crippen LogP contribution is 2.27. The third-order valence-electron chi connectivity index (χ3n) is 5.94. The Kier molecular flexibility index (Phi) is 9.01. The lowest BCUT2D eigenvalue weighted by molar-refractivity contribution is -0.120. The highest BCUT2D eigenvalue weighted by atomic mass is 35.5. The zero-order chi connectivity index (χ0) is 24.9. The van der Waals surface area contributed by atoms with Crippen molar-refractivity contribution in [2.45, 2.75) is 45.4 Å². The number of piperidine rings is 1. The first kappa shape index (κ1) is 26.5. The van der Waals surface area contributed by atoms with E-state index in [1.54, 1.807) is 28.6 Å². The van der Waals surface area contributed by atoms with E-state index in [0.29, 0.717) is 23.8 Å². The third kappa shape index (κ3) is 6.96. The van der Waals surface area contributed by atoms with Gasteiger partial charge in [0, 0.05) is 48.5 Å². The van der Waals surface area contributed by atoms with Crippen LogP contribution >= 0.6 is 11.6 Å². The van der Waals surface area contributed by atoms with Gasteiger partial charge in [-0.25, -0.2) is 8.42 Å². The molecule has 6 nitrogen and oxygen atoms in total. The van der Waals surface area contributed by atoms with E-state index >= 15 is 0 Å². The SMILES string of the molecule is CC(C)CN(CC(C)C)S(=O)(=O)c1ccc(NC(=O)C2CCN(c3cccc(Cl)c3)CC2)cc1. The predicted octanol–water partition coefficient (Wildman–Crippen LogP) is 5.50. The molecule has 1 amide bonds. The Morgan fingerprint density at radius 2 is 1.62 bits per heavy atom. The minimum atomic E-state index is -3.59. The average Bonchev–Trinajstić information content (AvgIpc) is 2.78. The number of benzene rings is 2.